The lowest BCUT2D eigenvalue weighted by Crippen LogP contribution is -2.31. The SMILES string of the molecule is CCN(CC)C(=O)c1cc(C(=O)Nc2ccc(Cl)cc2C(F)(F)F)ccn1. The Morgan fingerprint density at radius 1 is 1.15 bits per heavy atom. The predicted molar refractivity (Wildman–Crippen MR) is 95.9 cm³/mol. The van der Waals surface area contributed by atoms with Crippen LogP contribution in [0.25, 0.3) is 0 Å². The number of carbonyl (C=O) groups is 2. The van der Waals surface area contributed by atoms with Gasteiger partial charge in [-0.1, -0.05) is 11.6 Å². The van der Waals surface area contributed by atoms with Gasteiger partial charge in [-0.15, -0.1) is 0 Å². The zero-order valence-electron chi connectivity index (χ0n) is 14.6. The maximum atomic E-state index is 13.1. The second-order valence-corrected chi connectivity index (χ2v) is 5.99. The molecule has 0 aliphatic heterocycles. The van der Waals surface area contributed by atoms with Gasteiger partial charge in [0.2, 0.25) is 0 Å². The van der Waals surface area contributed by atoms with E-state index >= 15 is 0 Å². The maximum Gasteiger partial charge on any atom is 0.418 e. The van der Waals surface area contributed by atoms with Crippen LogP contribution in [-0.4, -0.2) is 34.8 Å². The number of amides is 2. The Morgan fingerprint density at radius 3 is 2.41 bits per heavy atom. The summed E-state index contributed by atoms with van der Waals surface area (Å²) in [5, 5.41) is 2.11. The fourth-order valence-electron chi connectivity index (χ4n) is 2.42. The Labute approximate surface area is 159 Å². The van der Waals surface area contributed by atoms with Gasteiger partial charge in [0.05, 0.1) is 11.3 Å². The van der Waals surface area contributed by atoms with Crippen LogP contribution in [0.2, 0.25) is 5.02 Å². The molecule has 2 rings (SSSR count). The molecule has 0 spiro atoms. The second-order valence-electron chi connectivity index (χ2n) is 5.55. The molecule has 0 aliphatic rings. The van der Waals surface area contributed by atoms with Crippen molar-refractivity contribution in [2.75, 3.05) is 18.4 Å². The van der Waals surface area contributed by atoms with Crippen molar-refractivity contribution in [1.82, 2.24) is 9.88 Å². The number of nitrogens with one attached hydrogen (secondary N) is 1. The van der Waals surface area contributed by atoms with E-state index in [-0.39, 0.29) is 22.2 Å². The molecule has 0 radical (unpaired) electrons. The maximum absolute atomic E-state index is 13.1. The molecular formula is C18H17ClF3N3O2. The van der Waals surface area contributed by atoms with Gasteiger partial charge in [-0.05, 0) is 44.2 Å². The summed E-state index contributed by atoms with van der Waals surface area (Å²) in [6, 6.07) is 5.62. The van der Waals surface area contributed by atoms with Gasteiger partial charge >= 0.3 is 6.18 Å². The minimum absolute atomic E-state index is 0.0172. The molecule has 0 aliphatic carbocycles. The van der Waals surface area contributed by atoms with Gasteiger partial charge in [-0.3, -0.25) is 14.6 Å². The molecule has 0 bridgehead atoms. The second kappa shape index (κ2) is 8.39. The lowest BCUT2D eigenvalue weighted by atomic mass is 10.1. The zero-order valence-corrected chi connectivity index (χ0v) is 15.4. The van der Waals surface area contributed by atoms with Crippen molar-refractivity contribution < 1.29 is 22.8 Å². The van der Waals surface area contributed by atoms with Gasteiger partial charge < -0.3 is 10.2 Å². The molecule has 27 heavy (non-hydrogen) atoms. The van der Waals surface area contributed by atoms with E-state index in [1.807, 2.05) is 0 Å². The molecule has 1 heterocycles. The van der Waals surface area contributed by atoms with Crippen molar-refractivity contribution in [1.29, 1.82) is 0 Å². The number of halogens is 4. The third-order valence-electron chi connectivity index (χ3n) is 3.83. The molecule has 2 aromatic rings. The number of carbonyl (C=O) groups excluding carboxylic acids is 2. The molecule has 144 valence electrons. The highest BCUT2D eigenvalue weighted by Crippen LogP contribution is 2.36. The highest BCUT2D eigenvalue weighted by atomic mass is 35.5. The van der Waals surface area contributed by atoms with Crippen LogP contribution in [-0.2, 0) is 6.18 Å². The van der Waals surface area contributed by atoms with E-state index in [4.69, 9.17) is 11.6 Å². The fourth-order valence-corrected chi connectivity index (χ4v) is 2.59. The average Bonchev–Trinajstić information content (AvgIpc) is 2.63. The van der Waals surface area contributed by atoms with Crippen LogP contribution in [0.3, 0.4) is 0 Å². The largest absolute Gasteiger partial charge is 0.418 e. The minimum Gasteiger partial charge on any atom is -0.338 e. The summed E-state index contributed by atoms with van der Waals surface area (Å²) in [5.74, 6) is -1.16. The molecule has 0 unspecified atom stereocenters. The third kappa shape index (κ3) is 4.97. The molecule has 0 fully saturated rings. The summed E-state index contributed by atoms with van der Waals surface area (Å²) in [5.41, 5.74) is -1.43. The number of anilines is 1. The van der Waals surface area contributed by atoms with Crippen molar-refractivity contribution in [3.05, 3.63) is 58.4 Å². The van der Waals surface area contributed by atoms with Gasteiger partial charge in [-0.25, -0.2) is 0 Å². The zero-order chi connectivity index (χ0) is 20.2. The first-order valence-electron chi connectivity index (χ1n) is 8.10. The first kappa shape index (κ1) is 20.7. The molecule has 2 amide bonds. The Bertz CT molecular complexity index is 852. The van der Waals surface area contributed by atoms with Crippen LogP contribution in [0.5, 0.6) is 0 Å². The summed E-state index contributed by atoms with van der Waals surface area (Å²) in [6.07, 6.45) is -3.42. The van der Waals surface area contributed by atoms with Gasteiger partial charge in [0.15, 0.2) is 0 Å². The molecular weight excluding hydrogens is 383 g/mol. The summed E-state index contributed by atoms with van der Waals surface area (Å²) >= 11 is 5.63. The number of aromatic nitrogens is 1. The van der Waals surface area contributed by atoms with Crippen LogP contribution in [0.15, 0.2) is 36.5 Å². The molecule has 1 aromatic heterocycles. The smallest absolute Gasteiger partial charge is 0.338 e. The predicted octanol–water partition coefficient (Wildman–Crippen LogP) is 4.49. The van der Waals surface area contributed by atoms with Gasteiger partial charge in [-0.2, -0.15) is 13.2 Å². The monoisotopic (exact) mass is 399 g/mol. The number of benzene rings is 1. The molecule has 0 saturated carbocycles. The Hall–Kier alpha value is -2.61. The number of rotatable bonds is 5. The van der Waals surface area contributed by atoms with Crippen molar-refractivity contribution in [2.24, 2.45) is 0 Å². The summed E-state index contributed by atoms with van der Waals surface area (Å²) in [4.78, 5) is 30.2. The van der Waals surface area contributed by atoms with Gasteiger partial charge in [0.1, 0.15) is 5.69 Å². The Kier molecular flexibility index (Phi) is 6.43. The van der Waals surface area contributed by atoms with Crippen LogP contribution in [0.4, 0.5) is 18.9 Å². The quantitative estimate of drug-likeness (QED) is 0.805. The molecule has 0 atom stereocenters. The van der Waals surface area contributed by atoms with Crippen molar-refractivity contribution in [3.8, 4) is 0 Å². The van der Waals surface area contributed by atoms with E-state index in [1.165, 1.54) is 29.3 Å². The first-order valence-corrected chi connectivity index (χ1v) is 8.48. The summed E-state index contributed by atoms with van der Waals surface area (Å²) in [7, 11) is 0. The number of pyridine rings is 1. The van der Waals surface area contributed by atoms with E-state index < -0.39 is 23.3 Å². The molecule has 1 aromatic carbocycles. The lowest BCUT2D eigenvalue weighted by molar-refractivity contribution is -0.136. The molecule has 5 nitrogen and oxygen atoms in total. The van der Waals surface area contributed by atoms with E-state index in [0.717, 1.165) is 12.1 Å². The van der Waals surface area contributed by atoms with Crippen molar-refractivity contribution in [3.63, 3.8) is 0 Å². The summed E-state index contributed by atoms with van der Waals surface area (Å²) in [6.45, 7) is 4.54. The first-order chi connectivity index (χ1) is 12.7. The fraction of sp³-hybridized carbons (Fsp3) is 0.278. The highest BCUT2D eigenvalue weighted by molar-refractivity contribution is 6.30. The average molecular weight is 400 g/mol. The molecule has 0 saturated heterocycles. The van der Waals surface area contributed by atoms with Crippen LogP contribution < -0.4 is 5.32 Å². The highest BCUT2D eigenvalue weighted by Gasteiger charge is 2.34. The minimum atomic E-state index is -4.68. The van der Waals surface area contributed by atoms with E-state index in [9.17, 15) is 22.8 Å². The van der Waals surface area contributed by atoms with Gasteiger partial charge in [0.25, 0.3) is 11.8 Å². The van der Waals surface area contributed by atoms with E-state index in [1.54, 1.807) is 13.8 Å². The van der Waals surface area contributed by atoms with Crippen molar-refractivity contribution in [2.45, 2.75) is 20.0 Å². The normalized spacial score (nSPS) is 11.2. The van der Waals surface area contributed by atoms with Crippen molar-refractivity contribution >= 4 is 29.1 Å². The number of alkyl halides is 3. The standard InChI is InChI=1S/C18H17ClF3N3O2/c1-3-25(4-2)17(27)15-9-11(7-8-23-15)16(26)24-14-6-5-12(19)10-13(14)18(20,21)22/h5-10H,3-4H2,1-2H3,(H,24,26). The van der Waals surface area contributed by atoms with Gasteiger partial charge in [0, 0.05) is 29.9 Å². The molecule has 1 N–H and O–H groups in total. The van der Waals surface area contributed by atoms with E-state index in [0.29, 0.717) is 13.1 Å². The summed E-state index contributed by atoms with van der Waals surface area (Å²) < 4.78 is 39.4. The van der Waals surface area contributed by atoms with E-state index in [2.05, 4.69) is 10.3 Å². The van der Waals surface area contributed by atoms with Crippen LogP contribution in [0, 0.1) is 0 Å². The Balaban J connectivity index is 2.30. The number of hydrogen-bond acceptors (Lipinski definition) is 3. The lowest BCUT2D eigenvalue weighted by Gasteiger charge is -2.18. The topological polar surface area (TPSA) is 62.3 Å². The number of nitrogens with zero attached hydrogens (tertiary/aromatic N) is 2. The third-order valence-corrected chi connectivity index (χ3v) is 4.06. The number of hydrogen-bond donors (Lipinski definition) is 1. The van der Waals surface area contributed by atoms with Crippen LogP contribution >= 0.6 is 11.6 Å². The Morgan fingerprint density at radius 2 is 1.81 bits per heavy atom. The van der Waals surface area contributed by atoms with Crippen LogP contribution in [0.1, 0.15) is 40.3 Å². The molecule has 9 heteroatoms.